The molecule has 0 aliphatic heterocycles. The molecule has 0 fully saturated rings. The minimum atomic E-state index is -3.29. The monoisotopic (exact) mass is 580 g/mol. The van der Waals surface area contributed by atoms with Gasteiger partial charge in [0.1, 0.15) is 10.9 Å². The molecule has 42 heavy (non-hydrogen) atoms. The van der Waals surface area contributed by atoms with Crippen LogP contribution in [0.15, 0.2) is 158 Å². The van der Waals surface area contributed by atoms with Crippen LogP contribution in [0.4, 0.5) is 0 Å². The Morgan fingerprint density at radius 3 is 0.881 bits per heavy atom. The summed E-state index contributed by atoms with van der Waals surface area (Å²) < 4.78 is 30.1. The second-order valence-electron chi connectivity index (χ2n) is 10.1. The molecule has 0 saturated heterocycles. The Kier molecular flexibility index (Phi) is 6.67. The van der Waals surface area contributed by atoms with E-state index in [1.54, 1.807) is 0 Å². The van der Waals surface area contributed by atoms with Crippen molar-refractivity contribution in [3.05, 3.63) is 158 Å². The predicted octanol–water partition coefficient (Wildman–Crippen LogP) is 6.06. The second-order valence-corrected chi connectivity index (χ2v) is 15.5. The highest BCUT2D eigenvalue weighted by molar-refractivity contribution is 7.85. The van der Waals surface area contributed by atoms with Crippen molar-refractivity contribution in [2.24, 2.45) is 0 Å². The highest BCUT2D eigenvalue weighted by Crippen LogP contribution is 2.43. The number of hydrogen-bond donors (Lipinski definition) is 0. The topological polar surface area (TPSA) is 59.9 Å². The van der Waals surface area contributed by atoms with Crippen LogP contribution in [0.5, 0.6) is 0 Å². The van der Waals surface area contributed by atoms with Crippen molar-refractivity contribution >= 4 is 68.2 Å². The van der Waals surface area contributed by atoms with Crippen LogP contribution in [0.2, 0.25) is 0 Å². The van der Waals surface area contributed by atoms with Gasteiger partial charge in [0.25, 0.3) is 0 Å². The molecule has 0 aliphatic carbocycles. The molecule has 0 radical (unpaired) electrons. The molecule has 7 aromatic rings. The van der Waals surface area contributed by atoms with E-state index in [2.05, 4.69) is 0 Å². The van der Waals surface area contributed by atoms with Gasteiger partial charge in [0, 0.05) is 32.0 Å². The molecule has 0 spiro atoms. The maximum atomic E-state index is 15.1. The van der Waals surface area contributed by atoms with Gasteiger partial charge in [-0.15, -0.1) is 0 Å². The van der Waals surface area contributed by atoms with Gasteiger partial charge >= 0.3 is 0 Å². The van der Waals surface area contributed by atoms with Crippen molar-refractivity contribution in [2.75, 3.05) is 0 Å². The third kappa shape index (κ3) is 4.32. The zero-order valence-corrected chi connectivity index (χ0v) is 24.4. The van der Waals surface area contributed by atoms with Gasteiger partial charge in [-0.05, 0) is 12.1 Å². The van der Waals surface area contributed by atoms with Gasteiger partial charge in [-0.1, -0.05) is 146 Å². The number of hydrogen-bond acceptors (Lipinski definition) is 4. The summed E-state index contributed by atoms with van der Waals surface area (Å²) in [5, 5.41) is 4.61. The summed E-state index contributed by atoms with van der Waals surface area (Å²) in [7, 11) is -6.58. The number of benzene rings is 5. The molecule has 0 bridgehead atoms. The highest BCUT2D eigenvalue weighted by atomic mass is 31.2. The summed E-state index contributed by atoms with van der Waals surface area (Å²) in [6, 6.07) is 49.7. The SMILES string of the molecule is O=P(c1ccccc1)(c1ccccc1)c1ccc2ccc3ccc(P(=O)(c4ccccc4)c4ccccc4)nc3c2n1. The van der Waals surface area contributed by atoms with Crippen molar-refractivity contribution in [3.63, 3.8) is 0 Å². The van der Waals surface area contributed by atoms with E-state index in [1.165, 1.54) is 0 Å². The molecule has 0 saturated carbocycles. The lowest BCUT2D eigenvalue weighted by atomic mass is 10.1. The quantitative estimate of drug-likeness (QED) is 0.177. The first kappa shape index (κ1) is 26.3. The van der Waals surface area contributed by atoms with Crippen LogP contribution < -0.4 is 32.1 Å². The van der Waals surface area contributed by atoms with Crippen LogP contribution in [-0.4, -0.2) is 9.97 Å². The molecule has 202 valence electrons. The Labute approximate surface area is 244 Å². The number of pyridine rings is 2. The summed E-state index contributed by atoms with van der Waals surface area (Å²) in [5.41, 5.74) is 2.24. The first-order valence-electron chi connectivity index (χ1n) is 13.7. The van der Waals surface area contributed by atoms with Crippen LogP contribution in [0.3, 0.4) is 0 Å². The molecular formula is C36H26N2O2P2. The first-order valence-corrected chi connectivity index (χ1v) is 17.1. The smallest absolute Gasteiger partial charge is 0.188 e. The van der Waals surface area contributed by atoms with E-state index in [9.17, 15) is 0 Å². The lowest BCUT2D eigenvalue weighted by Gasteiger charge is -2.20. The minimum absolute atomic E-state index is 0.487. The van der Waals surface area contributed by atoms with Crippen LogP contribution in [0.1, 0.15) is 0 Å². The van der Waals surface area contributed by atoms with Crippen LogP contribution in [0, 0.1) is 0 Å². The molecule has 6 heteroatoms. The number of aromatic nitrogens is 2. The lowest BCUT2D eigenvalue weighted by Crippen LogP contribution is -2.27. The average Bonchev–Trinajstić information content (AvgIpc) is 3.08. The predicted molar refractivity (Wildman–Crippen MR) is 176 cm³/mol. The van der Waals surface area contributed by atoms with Gasteiger partial charge in [-0.2, -0.15) is 0 Å². The highest BCUT2D eigenvalue weighted by Gasteiger charge is 2.33. The minimum Gasteiger partial charge on any atom is -0.307 e. The fraction of sp³-hybridized carbons (Fsp3) is 0. The Balaban J connectivity index is 1.49. The van der Waals surface area contributed by atoms with Gasteiger partial charge < -0.3 is 9.13 Å². The summed E-state index contributed by atoms with van der Waals surface area (Å²) in [6.45, 7) is 0. The number of rotatable bonds is 6. The van der Waals surface area contributed by atoms with Crippen molar-refractivity contribution < 1.29 is 9.13 Å². The van der Waals surface area contributed by atoms with Gasteiger partial charge in [0.2, 0.25) is 0 Å². The van der Waals surface area contributed by atoms with Crippen LogP contribution in [0.25, 0.3) is 21.8 Å². The number of nitrogens with zero attached hydrogens (tertiary/aromatic N) is 2. The maximum Gasteiger partial charge on any atom is 0.188 e. The Morgan fingerprint density at radius 1 is 0.333 bits per heavy atom. The Morgan fingerprint density at radius 2 is 0.595 bits per heavy atom. The zero-order chi connectivity index (χ0) is 28.6. The molecule has 7 rings (SSSR count). The largest absolute Gasteiger partial charge is 0.307 e. The maximum absolute atomic E-state index is 15.1. The summed E-state index contributed by atoms with van der Waals surface area (Å²) >= 11 is 0. The summed E-state index contributed by atoms with van der Waals surface area (Å²) in [6.07, 6.45) is 0. The fourth-order valence-electron chi connectivity index (χ4n) is 5.48. The van der Waals surface area contributed by atoms with E-state index < -0.39 is 14.3 Å². The molecule has 5 aromatic carbocycles. The molecule has 0 amide bonds. The van der Waals surface area contributed by atoms with Crippen LogP contribution >= 0.6 is 14.3 Å². The number of fused-ring (bicyclic) bond motifs is 3. The van der Waals surface area contributed by atoms with Gasteiger partial charge in [0.05, 0.1) is 11.0 Å². The molecule has 4 nitrogen and oxygen atoms in total. The second kappa shape index (κ2) is 10.7. The van der Waals surface area contributed by atoms with Crippen molar-refractivity contribution in [1.29, 1.82) is 0 Å². The third-order valence-electron chi connectivity index (χ3n) is 7.61. The molecule has 0 atom stereocenters. The first-order chi connectivity index (χ1) is 20.6. The third-order valence-corrected chi connectivity index (χ3v) is 13.5. The van der Waals surface area contributed by atoms with E-state index >= 15 is 9.13 Å². The van der Waals surface area contributed by atoms with Crippen molar-refractivity contribution in [2.45, 2.75) is 0 Å². The van der Waals surface area contributed by atoms with Gasteiger partial charge in [-0.3, -0.25) is 0 Å². The Bertz CT molecular complexity index is 1890. The average molecular weight is 581 g/mol. The zero-order valence-electron chi connectivity index (χ0n) is 22.6. The molecule has 2 heterocycles. The van der Waals surface area contributed by atoms with Crippen molar-refractivity contribution in [1.82, 2.24) is 9.97 Å². The van der Waals surface area contributed by atoms with Crippen molar-refractivity contribution in [3.8, 4) is 0 Å². The van der Waals surface area contributed by atoms with E-state index in [4.69, 9.17) is 9.97 Å². The van der Waals surface area contributed by atoms with Gasteiger partial charge in [-0.25, -0.2) is 9.97 Å². The molecule has 0 unspecified atom stereocenters. The molecule has 0 N–H and O–H groups in total. The van der Waals surface area contributed by atoms with E-state index in [0.717, 1.165) is 32.0 Å². The van der Waals surface area contributed by atoms with Crippen LogP contribution in [-0.2, 0) is 9.13 Å². The Hall–Kier alpha value is -4.62. The summed E-state index contributed by atoms with van der Waals surface area (Å²) in [5.74, 6) is 0. The molecular weight excluding hydrogens is 554 g/mol. The van der Waals surface area contributed by atoms with E-state index in [0.29, 0.717) is 21.9 Å². The van der Waals surface area contributed by atoms with Gasteiger partial charge in [0.15, 0.2) is 14.3 Å². The molecule has 2 aromatic heterocycles. The fourth-order valence-corrected chi connectivity index (χ4v) is 10.5. The van der Waals surface area contributed by atoms with E-state index in [1.807, 2.05) is 158 Å². The standard InChI is InChI=1S/C36H26N2O2P2/c39-41(29-13-5-1-6-14-29,30-15-7-2-8-16-30)33-25-23-27-21-22-28-24-26-34(38-36(28)35(27)37-33)42(40,31-17-9-3-10-18-31)32-19-11-4-12-20-32/h1-26H. The van der Waals surface area contributed by atoms with E-state index in [-0.39, 0.29) is 0 Å². The normalized spacial score (nSPS) is 12.0. The lowest BCUT2D eigenvalue weighted by molar-refractivity contribution is 0.591. The summed E-state index contributed by atoms with van der Waals surface area (Å²) in [4.78, 5) is 10.2. The molecule has 0 aliphatic rings.